The second kappa shape index (κ2) is 5.07. The molecule has 0 atom stereocenters. The van der Waals surface area contributed by atoms with E-state index in [1.165, 1.54) is 0 Å². The highest BCUT2D eigenvalue weighted by molar-refractivity contribution is 6.31. The number of piperidine rings is 1. The zero-order valence-electron chi connectivity index (χ0n) is 9.95. The van der Waals surface area contributed by atoms with Gasteiger partial charge in [0.05, 0.1) is 0 Å². The predicted octanol–water partition coefficient (Wildman–Crippen LogP) is 2.21. The second-order valence-electron chi connectivity index (χ2n) is 4.54. The standard InChI is InChI=1S/C13H17ClN2O/c1-9-11(3-2-4-12(9)14)13(17)16-7-5-10(15)6-8-16/h2-4,10H,5-8,15H2,1H3. The molecule has 2 rings (SSSR count). The highest BCUT2D eigenvalue weighted by Crippen LogP contribution is 2.21. The fourth-order valence-corrected chi connectivity index (χ4v) is 2.29. The van der Waals surface area contributed by atoms with Crippen molar-refractivity contribution in [3.63, 3.8) is 0 Å². The molecule has 0 aromatic heterocycles. The van der Waals surface area contributed by atoms with Gasteiger partial charge in [-0.1, -0.05) is 17.7 Å². The van der Waals surface area contributed by atoms with Crippen LogP contribution in [0.25, 0.3) is 0 Å². The van der Waals surface area contributed by atoms with Gasteiger partial charge in [0.25, 0.3) is 5.91 Å². The van der Waals surface area contributed by atoms with Gasteiger partial charge in [-0.2, -0.15) is 0 Å². The van der Waals surface area contributed by atoms with Crippen LogP contribution >= 0.6 is 11.6 Å². The van der Waals surface area contributed by atoms with Crippen molar-refractivity contribution in [3.05, 3.63) is 34.3 Å². The number of nitrogens with two attached hydrogens (primary N) is 1. The maximum atomic E-state index is 12.3. The Kier molecular flexibility index (Phi) is 3.69. The molecule has 1 amide bonds. The number of likely N-dealkylation sites (tertiary alicyclic amines) is 1. The van der Waals surface area contributed by atoms with Crippen LogP contribution in [0.15, 0.2) is 18.2 Å². The molecular formula is C13H17ClN2O. The van der Waals surface area contributed by atoms with Crippen LogP contribution in [0, 0.1) is 6.92 Å². The summed E-state index contributed by atoms with van der Waals surface area (Å²) in [7, 11) is 0. The van der Waals surface area contributed by atoms with Crippen molar-refractivity contribution in [1.29, 1.82) is 0 Å². The van der Waals surface area contributed by atoms with Crippen LogP contribution in [0.3, 0.4) is 0 Å². The SMILES string of the molecule is Cc1c(Cl)cccc1C(=O)N1CCC(N)CC1. The van der Waals surface area contributed by atoms with Gasteiger partial charge in [-0.25, -0.2) is 0 Å². The molecule has 17 heavy (non-hydrogen) atoms. The summed E-state index contributed by atoms with van der Waals surface area (Å²) in [6, 6.07) is 5.69. The van der Waals surface area contributed by atoms with Crippen molar-refractivity contribution in [3.8, 4) is 0 Å². The van der Waals surface area contributed by atoms with Crippen LogP contribution < -0.4 is 5.73 Å². The van der Waals surface area contributed by atoms with Crippen molar-refractivity contribution in [2.75, 3.05) is 13.1 Å². The fourth-order valence-electron chi connectivity index (χ4n) is 2.11. The molecule has 1 aliphatic heterocycles. The molecule has 3 nitrogen and oxygen atoms in total. The minimum absolute atomic E-state index is 0.0666. The molecule has 1 aromatic rings. The third kappa shape index (κ3) is 2.61. The predicted molar refractivity (Wildman–Crippen MR) is 69.3 cm³/mol. The molecule has 0 unspecified atom stereocenters. The Morgan fingerprint density at radius 3 is 2.71 bits per heavy atom. The van der Waals surface area contributed by atoms with Crippen LogP contribution in [-0.2, 0) is 0 Å². The Morgan fingerprint density at radius 1 is 1.41 bits per heavy atom. The first-order valence-corrected chi connectivity index (χ1v) is 6.27. The molecule has 1 aliphatic rings. The zero-order valence-corrected chi connectivity index (χ0v) is 10.7. The number of carbonyl (C=O) groups excluding carboxylic acids is 1. The molecule has 92 valence electrons. The van der Waals surface area contributed by atoms with E-state index in [-0.39, 0.29) is 11.9 Å². The van der Waals surface area contributed by atoms with E-state index < -0.39 is 0 Å². The molecule has 1 fully saturated rings. The molecule has 0 spiro atoms. The molecular weight excluding hydrogens is 236 g/mol. The van der Waals surface area contributed by atoms with E-state index in [9.17, 15) is 4.79 Å². The van der Waals surface area contributed by atoms with Crippen LogP contribution in [0.2, 0.25) is 5.02 Å². The van der Waals surface area contributed by atoms with Gasteiger partial charge in [0, 0.05) is 29.7 Å². The maximum Gasteiger partial charge on any atom is 0.254 e. The van der Waals surface area contributed by atoms with Gasteiger partial charge in [0.1, 0.15) is 0 Å². The lowest BCUT2D eigenvalue weighted by atomic mass is 10.0. The van der Waals surface area contributed by atoms with Crippen LogP contribution in [-0.4, -0.2) is 29.9 Å². The first-order chi connectivity index (χ1) is 8.09. The summed E-state index contributed by atoms with van der Waals surface area (Å²) >= 11 is 6.03. The minimum atomic E-state index is 0.0666. The third-order valence-electron chi connectivity index (χ3n) is 3.32. The Morgan fingerprint density at radius 2 is 2.06 bits per heavy atom. The summed E-state index contributed by atoms with van der Waals surface area (Å²) in [4.78, 5) is 14.2. The lowest BCUT2D eigenvalue weighted by molar-refractivity contribution is 0.0714. The average Bonchev–Trinajstić information content (AvgIpc) is 2.33. The summed E-state index contributed by atoms with van der Waals surface area (Å²) in [5, 5.41) is 0.643. The molecule has 1 aromatic carbocycles. The van der Waals surface area contributed by atoms with Gasteiger partial charge in [0.2, 0.25) is 0 Å². The van der Waals surface area contributed by atoms with Crippen molar-refractivity contribution >= 4 is 17.5 Å². The lowest BCUT2D eigenvalue weighted by Gasteiger charge is -2.30. The van der Waals surface area contributed by atoms with E-state index in [1.807, 2.05) is 24.0 Å². The van der Waals surface area contributed by atoms with Crippen molar-refractivity contribution in [2.45, 2.75) is 25.8 Å². The number of hydrogen-bond acceptors (Lipinski definition) is 2. The summed E-state index contributed by atoms with van der Waals surface area (Å²) in [6.45, 7) is 3.36. The molecule has 4 heteroatoms. The molecule has 1 heterocycles. The largest absolute Gasteiger partial charge is 0.339 e. The van der Waals surface area contributed by atoms with Gasteiger partial charge >= 0.3 is 0 Å². The highest BCUT2D eigenvalue weighted by Gasteiger charge is 2.22. The molecule has 1 saturated heterocycles. The Hall–Kier alpha value is -1.06. The van der Waals surface area contributed by atoms with E-state index in [4.69, 9.17) is 17.3 Å². The molecule has 0 aliphatic carbocycles. The minimum Gasteiger partial charge on any atom is -0.339 e. The van der Waals surface area contributed by atoms with Crippen LogP contribution in [0.5, 0.6) is 0 Å². The summed E-state index contributed by atoms with van der Waals surface area (Å²) in [5.74, 6) is 0.0666. The monoisotopic (exact) mass is 252 g/mol. The van der Waals surface area contributed by atoms with Crippen molar-refractivity contribution in [2.24, 2.45) is 5.73 Å². The molecule has 0 saturated carbocycles. The zero-order chi connectivity index (χ0) is 12.4. The van der Waals surface area contributed by atoms with Gasteiger partial charge < -0.3 is 10.6 Å². The molecule has 2 N–H and O–H groups in total. The van der Waals surface area contributed by atoms with Gasteiger partial charge in [-0.3, -0.25) is 4.79 Å². The first-order valence-electron chi connectivity index (χ1n) is 5.89. The van der Waals surface area contributed by atoms with Gasteiger partial charge in [0.15, 0.2) is 0 Å². The summed E-state index contributed by atoms with van der Waals surface area (Å²) in [6.07, 6.45) is 1.76. The van der Waals surface area contributed by atoms with Crippen molar-refractivity contribution in [1.82, 2.24) is 4.90 Å². The number of nitrogens with zero attached hydrogens (tertiary/aromatic N) is 1. The van der Waals surface area contributed by atoms with Gasteiger partial charge in [-0.05, 0) is 37.5 Å². The average molecular weight is 253 g/mol. The quantitative estimate of drug-likeness (QED) is 0.833. The van der Waals surface area contributed by atoms with Crippen LogP contribution in [0.4, 0.5) is 0 Å². The highest BCUT2D eigenvalue weighted by atomic mass is 35.5. The lowest BCUT2D eigenvalue weighted by Crippen LogP contribution is -2.43. The number of hydrogen-bond donors (Lipinski definition) is 1. The van der Waals surface area contributed by atoms with E-state index in [0.29, 0.717) is 10.6 Å². The fraction of sp³-hybridized carbons (Fsp3) is 0.462. The Labute approximate surface area is 107 Å². The molecule has 0 radical (unpaired) electrons. The van der Waals surface area contributed by atoms with E-state index in [2.05, 4.69) is 0 Å². The first kappa shape index (κ1) is 12.4. The number of carbonyl (C=O) groups is 1. The normalized spacial score (nSPS) is 17.2. The number of benzene rings is 1. The topological polar surface area (TPSA) is 46.3 Å². The number of halogens is 1. The van der Waals surface area contributed by atoms with Gasteiger partial charge in [-0.15, -0.1) is 0 Å². The second-order valence-corrected chi connectivity index (χ2v) is 4.95. The summed E-state index contributed by atoms with van der Waals surface area (Å²) < 4.78 is 0. The Bertz CT molecular complexity index is 425. The molecule has 0 bridgehead atoms. The third-order valence-corrected chi connectivity index (χ3v) is 3.73. The van der Waals surface area contributed by atoms with E-state index in [1.54, 1.807) is 6.07 Å². The number of amides is 1. The van der Waals surface area contributed by atoms with E-state index >= 15 is 0 Å². The Balaban J connectivity index is 2.17. The number of rotatable bonds is 1. The maximum absolute atomic E-state index is 12.3. The van der Waals surface area contributed by atoms with Crippen LogP contribution in [0.1, 0.15) is 28.8 Å². The van der Waals surface area contributed by atoms with E-state index in [0.717, 1.165) is 31.5 Å². The summed E-state index contributed by atoms with van der Waals surface area (Å²) in [5.41, 5.74) is 7.39. The van der Waals surface area contributed by atoms with Crippen molar-refractivity contribution < 1.29 is 4.79 Å². The smallest absolute Gasteiger partial charge is 0.254 e.